The van der Waals surface area contributed by atoms with E-state index in [-0.39, 0.29) is 25.4 Å². The molecule has 17 N–H and O–H groups in total. The van der Waals surface area contributed by atoms with E-state index in [4.69, 9.17) is 47.0 Å². The van der Waals surface area contributed by atoms with Gasteiger partial charge in [-0.1, -0.05) is 0 Å². The molecule has 0 bridgehead atoms. The quantitative estimate of drug-likeness (QED) is 0.0596. The first-order valence-electron chi connectivity index (χ1n) is 15.4. The maximum absolute atomic E-state index is 12.8. The molecule has 47 heavy (non-hydrogen) atoms. The monoisotopic (exact) mass is 685 g/mol. The van der Waals surface area contributed by atoms with Gasteiger partial charge in [-0.3, -0.25) is 9.98 Å². The van der Waals surface area contributed by atoms with Gasteiger partial charge in [0.2, 0.25) is 0 Å². The summed E-state index contributed by atoms with van der Waals surface area (Å²) in [7, 11) is 1.52. The molecule has 274 valence electrons. The molecule has 20 heteroatoms. The zero-order valence-electron chi connectivity index (χ0n) is 26.4. The van der Waals surface area contributed by atoms with Crippen LogP contribution in [-0.2, 0) is 18.9 Å². The summed E-state index contributed by atoms with van der Waals surface area (Å²) < 4.78 is 36.4. The normalized spacial score (nSPS) is 41.7. The van der Waals surface area contributed by atoms with Gasteiger partial charge in [-0.25, -0.2) is 4.39 Å². The third-order valence-corrected chi connectivity index (χ3v) is 8.72. The standard InChI is InChI=1S/C27H52FN7O12/c1-27(43)9-44-26(20(42)23(27)33-2)47-22-13(35-24(32)18(40)17(39)16(38)14(37)8-36)5-12(30)21(19(22)41)46-25-11(29)4-3-10(45-25)7-34-15(31)6-28/h10-14,16-23,25-26,33,36-43H,3-9,29-30H2,1-2H3,(H2,31,34)(H2,32,35). The molecule has 0 aromatic rings. The molecule has 2 saturated heterocycles. The zero-order valence-corrected chi connectivity index (χ0v) is 26.4. The van der Waals surface area contributed by atoms with E-state index in [9.17, 15) is 40.1 Å². The molecule has 0 aromatic heterocycles. The van der Waals surface area contributed by atoms with Crippen LogP contribution in [0, 0.1) is 0 Å². The number of hydrogen-bond donors (Lipinski definition) is 13. The molecule has 3 aliphatic rings. The molecule has 2 aliphatic heterocycles. The summed E-state index contributed by atoms with van der Waals surface area (Å²) in [5.41, 5.74) is 22.6. The maximum Gasteiger partial charge on any atom is 0.185 e. The highest BCUT2D eigenvalue weighted by Gasteiger charge is 2.52. The Labute approximate surface area is 271 Å². The van der Waals surface area contributed by atoms with Crippen molar-refractivity contribution in [3.63, 3.8) is 0 Å². The molecule has 2 heterocycles. The summed E-state index contributed by atoms with van der Waals surface area (Å²) in [5.74, 6) is -0.823. The fourth-order valence-corrected chi connectivity index (χ4v) is 5.94. The summed E-state index contributed by atoms with van der Waals surface area (Å²) in [6.45, 7) is -0.600. The number of halogens is 1. The third kappa shape index (κ3) is 9.71. The first-order valence-corrected chi connectivity index (χ1v) is 15.4. The second-order valence-electron chi connectivity index (χ2n) is 12.5. The average Bonchev–Trinajstić information content (AvgIpc) is 3.04. The maximum atomic E-state index is 12.8. The number of nitrogens with one attached hydrogen (secondary N) is 1. The van der Waals surface area contributed by atoms with Gasteiger partial charge in [-0.2, -0.15) is 0 Å². The van der Waals surface area contributed by atoms with E-state index in [0.29, 0.717) is 12.8 Å². The average molecular weight is 686 g/mol. The van der Waals surface area contributed by atoms with Crippen molar-refractivity contribution in [3.8, 4) is 0 Å². The number of aliphatic hydroxyl groups is 8. The van der Waals surface area contributed by atoms with Crippen LogP contribution in [0.1, 0.15) is 26.2 Å². The molecule has 19 nitrogen and oxygen atoms in total. The smallest absolute Gasteiger partial charge is 0.185 e. The third-order valence-electron chi connectivity index (χ3n) is 8.72. The lowest BCUT2D eigenvalue weighted by molar-refractivity contribution is -0.306. The number of ether oxygens (including phenoxy) is 4. The summed E-state index contributed by atoms with van der Waals surface area (Å²) in [5, 5.41) is 85.8. The van der Waals surface area contributed by atoms with Crippen LogP contribution in [0.15, 0.2) is 9.98 Å². The highest BCUT2D eigenvalue weighted by Crippen LogP contribution is 2.33. The van der Waals surface area contributed by atoms with Crippen LogP contribution in [0.3, 0.4) is 0 Å². The number of amidine groups is 2. The van der Waals surface area contributed by atoms with Gasteiger partial charge in [0.1, 0.15) is 72.8 Å². The van der Waals surface area contributed by atoms with Crippen molar-refractivity contribution >= 4 is 11.7 Å². The van der Waals surface area contributed by atoms with E-state index in [1.54, 1.807) is 0 Å². The Morgan fingerprint density at radius 3 is 2.30 bits per heavy atom. The van der Waals surface area contributed by atoms with Gasteiger partial charge in [0, 0.05) is 6.04 Å². The van der Waals surface area contributed by atoms with Gasteiger partial charge in [0.15, 0.2) is 12.6 Å². The van der Waals surface area contributed by atoms with Crippen molar-refractivity contribution in [1.82, 2.24) is 5.32 Å². The minimum absolute atomic E-state index is 0.0505. The highest BCUT2D eigenvalue weighted by molar-refractivity contribution is 5.85. The number of alkyl halides is 1. The Bertz CT molecular complexity index is 1050. The summed E-state index contributed by atoms with van der Waals surface area (Å²) >= 11 is 0. The Kier molecular flexibility index (Phi) is 14.6. The van der Waals surface area contributed by atoms with Crippen LogP contribution < -0.4 is 28.3 Å². The summed E-state index contributed by atoms with van der Waals surface area (Å²) in [6.07, 6.45) is -15.8. The molecule has 0 spiro atoms. The predicted octanol–water partition coefficient (Wildman–Crippen LogP) is -6.77. The van der Waals surface area contributed by atoms with E-state index in [1.165, 1.54) is 14.0 Å². The van der Waals surface area contributed by atoms with Crippen LogP contribution in [-0.4, -0.2) is 183 Å². The van der Waals surface area contributed by atoms with Crippen LogP contribution >= 0.6 is 0 Å². The molecule has 0 aromatic carbocycles. The van der Waals surface area contributed by atoms with Gasteiger partial charge >= 0.3 is 0 Å². The minimum Gasteiger partial charge on any atom is -0.394 e. The zero-order chi connectivity index (χ0) is 35.2. The van der Waals surface area contributed by atoms with Crippen molar-refractivity contribution in [3.05, 3.63) is 0 Å². The number of aliphatic imine (C=N–C) groups is 2. The Morgan fingerprint density at radius 2 is 1.68 bits per heavy atom. The van der Waals surface area contributed by atoms with Crippen LogP contribution in [0.4, 0.5) is 4.39 Å². The molecule has 16 atom stereocenters. The molecule has 16 unspecified atom stereocenters. The molecular formula is C27H52FN7O12. The summed E-state index contributed by atoms with van der Waals surface area (Å²) in [4.78, 5) is 8.15. The minimum atomic E-state index is -2.07. The van der Waals surface area contributed by atoms with E-state index in [2.05, 4.69) is 15.3 Å². The Balaban J connectivity index is 1.88. The number of aliphatic hydroxyl groups excluding tert-OH is 7. The van der Waals surface area contributed by atoms with Crippen LogP contribution in [0.5, 0.6) is 0 Å². The van der Waals surface area contributed by atoms with E-state index < -0.39 is 116 Å². The molecule has 1 aliphatic carbocycles. The van der Waals surface area contributed by atoms with Gasteiger partial charge in [-0.15, -0.1) is 0 Å². The molecular weight excluding hydrogens is 633 g/mol. The SMILES string of the molecule is CNC1C(O)C(OC2C(N=C(N)C(O)C(O)C(O)C(O)CO)CC(N)C(OC3OC(CN=C(N)CF)CCC3N)C2O)OCC1(C)O. The lowest BCUT2D eigenvalue weighted by Crippen LogP contribution is -2.67. The topological polar surface area (TPSA) is 340 Å². The fraction of sp³-hybridized carbons (Fsp3) is 0.926. The largest absolute Gasteiger partial charge is 0.394 e. The lowest BCUT2D eigenvalue weighted by Gasteiger charge is -2.48. The number of nitrogens with zero attached hydrogens (tertiary/aromatic N) is 2. The second kappa shape index (κ2) is 17.3. The van der Waals surface area contributed by atoms with Crippen molar-refractivity contribution in [2.24, 2.45) is 32.9 Å². The number of likely N-dealkylation sites (N-methyl/N-ethyl adjacent to an activating group) is 1. The van der Waals surface area contributed by atoms with Gasteiger partial charge < -0.3 is 88.1 Å². The van der Waals surface area contributed by atoms with Crippen molar-refractivity contribution in [1.29, 1.82) is 0 Å². The van der Waals surface area contributed by atoms with Gasteiger partial charge in [0.05, 0.1) is 44.0 Å². The second-order valence-corrected chi connectivity index (χ2v) is 12.5. The molecule has 0 amide bonds. The highest BCUT2D eigenvalue weighted by atomic mass is 19.1. The number of hydrogen-bond acceptors (Lipinski definition) is 17. The van der Waals surface area contributed by atoms with Gasteiger partial charge in [-0.05, 0) is 33.2 Å². The van der Waals surface area contributed by atoms with Crippen molar-refractivity contribution < 1.29 is 64.2 Å². The molecule has 0 radical (unpaired) electrons. The Hall–Kier alpha value is -1.73. The van der Waals surface area contributed by atoms with E-state index in [1.807, 2.05) is 0 Å². The first-order chi connectivity index (χ1) is 22.1. The molecule has 3 rings (SSSR count). The summed E-state index contributed by atoms with van der Waals surface area (Å²) in [6, 6.07) is -3.70. The van der Waals surface area contributed by atoms with Crippen molar-refractivity contribution in [2.75, 3.05) is 33.5 Å². The number of nitrogens with two attached hydrogens (primary N) is 4. The van der Waals surface area contributed by atoms with E-state index in [0.717, 1.165) is 0 Å². The first kappa shape index (κ1) is 39.7. The Morgan fingerprint density at radius 1 is 1.02 bits per heavy atom. The molecule has 1 saturated carbocycles. The van der Waals surface area contributed by atoms with Crippen molar-refractivity contribution in [2.45, 2.75) is 123 Å². The molecule has 3 fully saturated rings. The van der Waals surface area contributed by atoms with E-state index >= 15 is 0 Å². The predicted molar refractivity (Wildman–Crippen MR) is 162 cm³/mol. The number of rotatable bonds is 14. The fourth-order valence-electron chi connectivity index (χ4n) is 5.94. The lowest BCUT2D eigenvalue weighted by atomic mass is 9.83. The van der Waals surface area contributed by atoms with Crippen LogP contribution in [0.25, 0.3) is 0 Å². The van der Waals surface area contributed by atoms with Crippen LogP contribution in [0.2, 0.25) is 0 Å². The van der Waals surface area contributed by atoms with Gasteiger partial charge in [0.25, 0.3) is 0 Å².